The number of hydrogen-bond donors (Lipinski definition) is 2. The van der Waals surface area contributed by atoms with Crippen LogP contribution < -0.4 is 15.8 Å². The molecule has 0 radical (unpaired) electrons. The molecule has 0 aromatic heterocycles. The van der Waals surface area contributed by atoms with Gasteiger partial charge in [0.1, 0.15) is 12.4 Å². The van der Waals surface area contributed by atoms with Crippen LogP contribution in [0.4, 0.5) is 4.79 Å². The summed E-state index contributed by atoms with van der Waals surface area (Å²) < 4.78 is 9.94. The average Bonchev–Trinajstić information content (AvgIpc) is 2.42. The van der Waals surface area contributed by atoms with Gasteiger partial charge in [0.15, 0.2) is 0 Å². The van der Waals surface area contributed by atoms with Gasteiger partial charge >= 0.3 is 6.09 Å². The van der Waals surface area contributed by atoms with Crippen LogP contribution in [0, 0.1) is 0 Å². The number of carbonyl (C=O) groups excluding carboxylic acids is 1. The van der Waals surface area contributed by atoms with Crippen molar-refractivity contribution in [1.29, 1.82) is 0 Å². The number of fused-ring (bicyclic) bond motifs is 1. The van der Waals surface area contributed by atoms with Gasteiger partial charge in [0.05, 0.1) is 7.11 Å². The number of nitrogens with one attached hydrogen (secondary N) is 1. The molecule has 0 spiro atoms. The lowest BCUT2D eigenvalue weighted by Gasteiger charge is -2.26. The highest BCUT2D eigenvalue weighted by atomic mass is 16.5. The summed E-state index contributed by atoms with van der Waals surface area (Å²) in [5.74, 6) is 0.900. The molecule has 0 saturated heterocycles. The van der Waals surface area contributed by atoms with E-state index in [2.05, 4.69) is 17.4 Å². The number of carbonyl (C=O) groups is 1. The Bertz CT molecular complexity index is 448. The molecule has 1 amide bonds. The van der Waals surface area contributed by atoms with Crippen molar-refractivity contribution < 1.29 is 14.3 Å². The van der Waals surface area contributed by atoms with Crippen LogP contribution in [0.1, 0.15) is 17.5 Å². The highest BCUT2D eigenvalue weighted by Crippen LogP contribution is 2.25. The zero-order valence-electron chi connectivity index (χ0n) is 11.1. The van der Waals surface area contributed by atoms with E-state index in [1.54, 1.807) is 7.11 Å². The summed E-state index contributed by atoms with van der Waals surface area (Å²) in [5, 5.41) is 3.38. The first-order valence-corrected chi connectivity index (χ1v) is 6.50. The third kappa shape index (κ3) is 3.86. The summed E-state index contributed by atoms with van der Waals surface area (Å²) in [6.07, 6.45) is 2.41. The third-order valence-corrected chi connectivity index (χ3v) is 3.42. The van der Waals surface area contributed by atoms with Crippen LogP contribution in [0.25, 0.3) is 0 Å². The van der Waals surface area contributed by atoms with E-state index in [1.165, 1.54) is 11.1 Å². The first-order chi connectivity index (χ1) is 9.19. The molecule has 1 unspecified atom stereocenters. The summed E-state index contributed by atoms with van der Waals surface area (Å²) in [4.78, 5) is 10.4. The van der Waals surface area contributed by atoms with E-state index in [0.29, 0.717) is 19.2 Å². The Kier molecular flexibility index (Phi) is 4.63. The molecular weight excluding hydrogens is 244 g/mol. The SMILES string of the molecule is COc1ccc2c(c1)CC(NCCOC(N)=O)CC2. The van der Waals surface area contributed by atoms with Crippen molar-refractivity contribution in [2.75, 3.05) is 20.3 Å². The molecule has 3 N–H and O–H groups in total. The van der Waals surface area contributed by atoms with Crippen molar-refractivity contribution in [2.45, 2.75) is 25.3 Å². The zero-order chi connectivity index (χ0) is 13.7. The minimum Gasteiger partial charge on any atom is -0.497 e. The number of hydrogen-bond acceptors (Lipinski definition) is 4. The second-order valence-electron chi connectivity index (χ2n) is 4.70. The number of nitrogens with two attached hydrogens (primary N) is 1. The molecule has 2 rings (SSSR count). The summed E-state index contributed by atoms with van der Waals surface area (Å²) in [5.41, 5.74) is 7.63. The maximum Gasteiger partial charge on any atom is 0.404 e. The van der Waals surface area contributed by atoms with Gasteiger partial charge in [-0.25, -0.2) is 4.79 Å². The molecule has 1 aromatic carbocycles. The van der Waals surface area contributed by atoms with E-state index in [0.717, 1.165) is 25.0 Å². The van der Waals surface area contributed by atoms with E-state index in [9.17, 15) is 4.79 Å². The number of rotatable bonds is 5. The fourth-order valence-electron chi connectivity index (χ4n) is 2.45. The summed E-state index contributed by atoms with van der Waals surface area (Å²) >= 11 is 0. The number of methoxy groups -OCH3 is 1. The van der Waals surface area contributed by atoms with E-state index < -0.39 is 6.09 Å². The number of benzene rings is 1. The summed E-state index contributed by atoms with van der Waals surface area (Å²) in [7, 11) is 1.68. The van der Waals surface area contributed by atoms with Crippen molar-refractivity contribution in [2.24, 2.45) is 5.73 Å². The minimum absolute atomic E-state index is 0.316. The van der Waals surface area contributed by atoms with E-state index in [1.807, 2.05) is 6.07 Å². The minimum atomic E-state index is -0.722. The van der Waals surface area contributed by atoms with Gasteiger partial charge in [-0.15, -0.1) is 0 Å². The van der Waals surface area contributed by atoms with Crippen molar-refractivity contribution in [1.82, 2.24) is 5.32 Å². The molecule has 104 valence electrons. The normalized spacial score (nSPS) is 17.6. The molecule has 0 fully saturated rings. The molecule has 0 saturated carbocycles. The van der Waals surface area contributed by atoms with Crippen LogP contribution in [0.3, 0.4) is 0 Å². The Morgan fingerprint density at radius 3 is 3.05 bits per heavy atom. The topological polar surface area (TPSA) is 73.6 Å². The van der Waals surface area contributed by atoms with Crippen molar-refractivity contribution in [3.63, 3.8) is 0 Å². The Morgan fingerprint density at radius 2 is 2.32 bits per heavy atom. The largest absolute Gasteiger partial charge is 0.497 e. The predicted octanol–water partition coefficient (Wildman–Crippen LogP) is 1.24. The van der Waals surface area contributed by atoms with E-state index >= 15 is 0 Å². The van der Waals surface area contributed by atoms with E-state index in [-0.39, 0.29) is 0 Å². The molecule has 19 heavy (non-hydrogen) atoms. The van der Waals surface area contributed by atoms with Crippen LogP contribution in [-0.2, 0) is 17.6 Å². The van der Waals surface area contributed by atoms with Gasteiger partial charge in [0.25, 0.3) is 0 Å². The fraction of sp³-hybridized carbons (Fsp3) is 0.500. The highest BCUT2D eigenvalue weighted by molar-refractivity contribution is 5.64. The number of primary amides is 1. The first kappa shape index (κ1) is 13.7. The molecule has 0 heterocycles. The average molecular weight is 264 g/mol. The Labute approximate surface area is 113 Å². The van der Waals surface area contributed by atoms with Gasteiger partial charge in [0.2, 0.25) is 0 Å². The van der Waals surface area contributed by atoms with Crippen LogP contribution in [0.5, 0.6) is 5.75 Å². The number of aryl methyl sites for hydroxylation is 1. The lowest BCUT2D eigenvalue weighted by atomic mass is 9.88. The van der Waals surface area contributed by atoms with Gasteiger partial charge in [-0.05, 0) is 42.5 Å². The van der Waals surface area contributed by atoms with Gasteiger partial charge < -0.3 is 20.5 Å². The standard InChI is InChI=1S/C14H20N2O3/c1-18-13-5-3-10-2-4-12(8-11(10)9-13)16-6-7-19-14(15)17/h3,5,9,12,16H,2,4,6-8H2,1H3,(H2,15,17). The van der Waals surface area contributed by atoms with Crippen LogP contribution >= 0.6 is 0 Å². The van der Waals surface area contributed by atoms with Crippen molar-refractivity contribution >= 4 is 6.09 Å². The summed E-state index contributed by atoms with van der Waals surface area (Å²) in [6, 6.07) is 6.66. The van der Waals surface area contributed by atoms with Gasteiger partial charge in [0, 0.05) is 12.6 Å². The maximum atomic E-state index is 10.4. The van der Waals surface area contributed by atoms with Crippen LogP contribution in [0.15, 0.2) is 18.2 Å². The van der Waals surface area contributed by atoms with Crippen LogP contribution in [0.2, 0.25) is 0 Å². The Balaban J connectivity index is 1.85. The number of ether oxygens (including phenoxy) is 2. The maximum absolute atomic E-state index is 10.4. The molecular formula is C14H20N2O3. The van der Waals surface area contributed by atoms with Crippen LogP contribution in [-0.4, -0.2) is 32.4 Å². The smallest absolute Gasteiger partial charge is 0.404 e. The van der Waals surface area contributed by atoms with Gasteiger partial charge in [-0.2, -0.15) is 0 Å². The highest BCUT2D eigenvalue weighted by Gasteiger charge is 2.18. The zero-order valence-corrected chi connectivity index (χ0v) is 11.1. The monoisotopic (exact) mass is 264 g/mol. The first-order valence-electron chi connectivity index (χ1n) is 6.50. The molecule has 0 aliphatic heterocycles. The third-order valence-electron chi connectivity index (χ3n) is 3.42. The Morgan fingerprint density at radius 1 is 1.47 bits per heavy atom. The molecule has 5 nitrogen and oxygen atoms in total. The predicted molar refractivity (Wildman–Crippen MR) is 72.3 cm³/mol. The Hall–Kier alpha value is -1.75. The molecule has 1 atom stereocenters. The van der Waals surface area contributed by atoms with Gasteiger partial charge in [-0.1, -0.05) is 6.07 Å². The lowest BCUT2D eigenvalue weighted by Crippen LogP contribution is -2.37. The lowest BCUT2D eigenvalue weighted by molar-refractivity contribution is 0.155. The second kappa shape index (κ2) is 6.43. The molecule has 5 heteroatoms. The molecule has 1 aliphatic rings. The summed E-state index contributed by atoms with van der Waals surface area (Å²) in [6.45, 7) is 0.948. The quantitative estimate of drug-likeness (QED) is 0.785. The van der Waals surface area contributed by atoms with Crippen molar-refractivity contribution in [3.05, 3.63) is 29.3 Å². The van der Waals surface area contributed by atoms with Gasteiger partial charge in [-0.3, -0.25) is 0 Å². The molecule has 0 bridgehead atoms. The molecule has 1 aromatic rings. The second-order valence-corrected chi connectivity index (χ2v) is 4.70. The number of amides is 1. The van der Waals surface area contributed by atoms with Crippen molar-refractivity contribution in [3.8, 4) is 5.75 Å². The molecule has 1 aliphatic carbocycles. The van der Waals surface area contributed by atoms with E-state index in [4.69, 9.17) is 15.2 Å². The fourth-order valence-corrected chi connectivity index (χ4v) is 2.45.